The Hall–Kier alpha value is -0.350. The normalized spacial score (nSPS) is 12.4. The molecule has 0 spiro atoms. The van der Waals surface area contributed by atoms with Crippen molar-refractivity contribution in [2.24, 2.45) is 0 Å². The topological polar surface area (TPSA) is 12.0 Å². The predicted molar refractivity (Wildman–Crippen MR) is 93.6 cm³/mol. The molecule has 1 N–H and O–H groups in total. The largest absolute Gasteiger partial charge is 0.306 e. The average molecular weight is 418 g/mol. The van der Waals surface area contributed by atoms with Crippen molar-refractivity contribution in [1.29, 1.82) is 0 Å². The highest BCUT2D eigenvalue weighted by atomic mass is 79.9. The van der Waals surface area contributed by atoms with Crippen LogP contribution in [0.4, 0.5) is 0 Å². The second-order valence-electron chi connectivity index (χ2n) is 4.67. The minimum absolute atomic E-state index is 0.142. The lowest BCUT2D eigenvalue weighted by molar-refractivity contribution is 0.628. The second-order valence-corrected chi connectivity index (χ2v) is 6.81. The van der Waals surface area contributed by atoms with Crippen LogP contribution in [0.1, 0.15) is 29.7 Å². The Morgan fingerprint density at radius 1 is 1.10 bits per heavy atom. The average Bonchev–Trinajstić information content (AvgIpc) is 2.42. The smallest absolute Gasteiger partial charge is 0.0588 e. The Kier molecular flexibility index (Phi) is 5.67. The first-order chi connectivity index (χ1) is 9.52. The van der Waals surface area contributed by atoms with Gasteiger partial charge < -0.3 is 5.32 Å². The maximum absolute atomic E-state index is 5.98. The van der Waals surface area contributed by atoms with Crippen molar-refractivity contribution in [3.8, 4) is 0 Å². The molecule has 1 unspecified atom stereocenters. The van der Waals surface area contributed by atoms with E-state index in [1.165, 1.54) is 16.7 Å². The molecule has 0 radical (unpaired) electrons. The summed E-state index contributed by atoms with van der Waals surface area (Å²) in [4.78, 5) is 0. The molecule has 4 heteroatoms. The molecule has 2 aromatic rings. The molecule has 0 amide bonds. The molecule has 0 aliphatic heterocycles. The van der Waals surface area contributed by atoms with Crippen LogP contribution < -0.4 is 5.32 Å². The van der Waals surface area contributed by atoms with Gasteiger partial charge >= 0.3 is 0 Å². The fraction of sp³-hybridized carbons (Fsp3) is 0.250. The summed E-state index contributed by atoms with van der Waals surface area (Å²) in [6.45, 7) is 5.09. The van der Waals surface area contributed by atoms with Crippen LogP contribution in [0.2, 0.25) is 5.02 Å². The van der Waals surface area contributed by atoms with Crippen molar-refractivity contribution in [2.45, 2.75) is 19.9 Å². The van der Waals surface area contributed by atoms with E-state index in [1.807, 2.05) is 12.1 Å². The van der Waals surface area contributed by atoms with Gasteiger partial charge in [-0.2, -0.15) is 0 Å². The van der Waals surface area contributed by atoms with Crippen molar-refractivity contribution in [3.63, 3.8) is 0 Å². The summed E-state index contributed by atoms with van der Waals surface area (Å²) in [6, 6.07) is 12.4. The van der Waals surface area contributed by atoms with Crippen LogP contribution in [-0.4, -0.2) is 6.54 Å². The second kappa shape index (κ2) is 7.08. The maximum atomic E-state index is 5.98. The van der Waals surface area contributed by atoms with E-state index in [-0.39, 0.29) is 6.04 Å². The van der Waals surface area contributed by atoms with Crippen LogP contribution >= 0.6 is 43.5 Å². The Bertz CT molecular complexity index is 596. The first-order valence-corrected chi connectivity index (χ1v) is 8.43. The fourth-order valence-corrected chi connectivity index (χ4v) is 3.32. The third-order valence-corrected chi connectivity index (χ3v) is 4.99. The van der Waals surface area contributed by atoms with Gasteiger partial charge in [0.15, 0.2) is 0 Å². The van der Waals surface area contributed by atoms with Crippen molar-refractivity contribution < 1.29 is 0 Å². The van der Waals surface area contributed by atoms with E-state index in [4.69, 9.17) is 11.6 Å². The van der Waals surface area contributed by atoms with Gasteiger partial charge in [-0.1, -0.05) is 62.5 Å². The van der Waals surface area contributed by atoms with Crippen LogP contribution in [0, 0.1) is 6.92 Å². The minimum atomic E-state index is 0.142. The van der Waals surface area contributed by atoms with Gasteiger partial charge in [0.2, 0.25) is 0 Å². The molecule has 0 fully saturated rings. The summed E-state index contributed by atoms with van der Waals surface area (Å²) in [5.74, 6) is 0. The number of nitrogens with one attached hydrogen (secondary N) is 1. The van der Waals surface area contributed by atoms with Crippen LogP contribution in [0.5, 0.6) is 0 Å². The fourth-order valence-electron chi connectivity index (χ4n) is 2.15. The van der Waals surface area contributed by atoms with Gasteiger partial charge in [-0.3, -0.25) is 0 Å². The Morgan fingerprint density at radius 2 is 1.75 bits per heavy atom. The van der Waals surface area contributed by atoms with Gasteiger partial charge in [0.05, 0.1) is 6.04 Å². The van der Waals surface area contributed by atoms with Crippen LogP contribution in [0.15, 0.2) is 45.3 Å². The quantitative estimate of drug-likeness (QED) is 0.656. The first kappa shape index (κ1) is 16.0. The summed E-state index contributed by atoms with van der Waals surface area (Å²) >= 11 is 13.3. The van der Waals surface area contributed by atoms with E-state index in [0.717, 1.165) is 20.5 Å². The zero-order chi connectivity index (χ0) is 14.7. The minimum Gasteiger partial charge on any atom is -0.306 e. The molecule has 2 rings (SSSR count). The highest BCUT2D eigenvalue weighted by Crippen LogP contribution is 2.33. The lowest BCUT2D eigenvalue weighted by Crippen LogP contribution is -2.22. The highest BCUT2D eigenvalue weighted by Gasteiger charge is 2.17. The molecule has 1 atom stereocenters. The molecule has 0 saturated heterocycles. The molecule has 0 aliphatic carbocycles. The van der Waals surface area contributed by atoms with Gasteiger partial charge in [0.25, 0.3) is 0 Å². The van der Waals surface area contributed by atoms with Crippen molar-refractivity contribution in [1.82, 2.24) is 5.32 Å². The Balaban J connectivity index is 2.48. The first-order valence-electron chi connectivity index (χ1n) is 6.47. The SMILES string of the molecule is CCNC(c1ccc(Cl)cc1)c1cc(Br)c(C)cc1Br. The summed E-state index contributed by atoms with van der Waals surface area (Å²) in [6.07, 6.45) is 0. The van der Waals surface area contributed by atoms with Gasteiger partial charge in [-0.05, 0) is 54.4 Å². The monoisotopic (exact) mass is 415 g/mol. The summed E-state index contributed by atoms with van der Waals surface area (Å²) < 4.78 is 2.23. The third kappa shape index (κ3) is 3.64. The van der Waals surface area contributed by atoms with E-state index < -0.39 is 0 Å². The molecular formula is C16H16Br2ClN. The molecule has 0 heterocycles. The highest BCUT2D eigenvalue weighted by molar-refractivity contribution is 9.11. The predicted octanol–water partition coefficient (Wildman–Crippen LogP) is 5.87. The molecule has 106 valence electrons. The van der Waals surface area contributed by atoms with Crippen molar-refractivity contribution >= 4 is 43.5 Å². The number of halogens is 3. The van der Waals surface area contributed by atoms with Gasteiger partial charge in [-0.25, -0.2) is 0 Å². The van der Waals surface area contributed by atoms with Crippen LogP contribution in [-0.2, 0) is 0 Å². The number of benzene rings is 2. The summed E-state index contributed by atoms with van der Waals surface area (Å²) in [5.41, 5.74) is 3.63. The number of rotatable bonds is 4. The maximum Gasteiger partial charge on any atom is 0.0588 e. The number of hydrogen-bond donors (Lipinski definition) is 1. The van der Waals surface area contributed by atoms with E-state index in [9.17, 15) is 0 Å². The van der Waals surface area contributed by atoms with E-state index >= 15 is 0 Å². The lowest BCUT2D eigenvalue weighted by Gasteiger charge is -2.21. The van der Waals surface area contributed by atoms with Gasteiger partial charge in [0.1, 0.15) is 0 Å². The molecule has 1 nitrogen and oxygen atoms in total. The van der Waals surface area contributed by atoms with E-state index in [1.54, 1.807) is 0 Å². The molecule has 0 aromatic heterocycles. The van der Waals surface area contributed by atoms with E-state index in [0.29, 0.717) is 0 Å². The van der Waals surface area contributed by atoms with Gasteiger partial charge in [-0.15, -0.1) is 0 Å². The zero-order valence-electron chi connectivity index (χ0n) is 11.4. The molecule has 2 aromatic carbocycles. The number of hydrogen-bond acceptors (Lipinski definition) is 1. The molecular weight excluding hydrogens is 401 g/mol. The third-order valence-electron chi connectivity index (χ3n) is 3.20. The molecule has 0 bridgehead atoms. The lowest BCUT2D eigenvalue weighted by atomic mass is 9.98. The Labute approximate surface area is 142 Å². The van der Waals surface area contributed by atoms with Crippen molar-refractivity contribution in [3.05, 3.63) is 67.1 Å². The van der Waals surface area contributed by atoms with Crippen LogP contribution in [0.3, 0.4) is 0 Å². The van der Waals surface area contributed by atoms with Crippen LogP contribution in [0.25, 0.3) is 0 Å². The molecule has 0 aliphatic rings. The standard InChI is InChI=1S/C16H16Br2ClN/c1-3-20-16(11-4-6-12(19)7-5-11)13-9-14(17)10(2)8-15(13)18/h4-9,16,20H,3H2,1-2H3. The molecule has 0 saturated carbocycles. The Morgan fingerprint density at radius 3 is 2.35 bits per heavy atom. The molecule has 20 heavy (non-hydrogen) atoms. The van der Waals surface area contributed by atoms with Crippen molar-refractivity contribution in [2.75, 3.05) is 6.54 Å². The van der Waals surface area contributed by atoms with Gasteiger partial charge in [0, 0.05) is 14.0 Å². The summed E-state index contributed by atoms with van der Waals surface area (Å²) in [7, 11) is 0. The zero-order valence-corrected chi connectivity index (χ0v) is 15.3. The number of aryl methyl sites for hydroxylation is 1. The van der Waals surface area contributed by atoms with E-state index in [2.05, 4.69) is 75.3 Å². The summed E-state index contributed by atoms with van der Waals surface area (Å²) in [5, 5.41) is 4.29.